The van der Waals surface area contributed by atoms with E-state index in [1.54, 1.807) is 41.5 Å². The van der Waals surface area contributed by atoms with Crippen LogP contribution in [-0.2, 0) is 14.4 Å². The highest BCUT2D eigenvalue weighted by molar-refractivity contribution is 5.88. The van der Waals surface area contributed by atoms with E-state index in [1.807, 2.05) is 0 Å². The number of carbonyl (C=O) groups is 3. The molecule has 0 aliphatic rings. The van der Waals surface area contributed by atoms with Gasteiger partial charge in [-0.25, -0.2) is 4.79 Å². The van der Waals surface area contributed by atoms with Crippen LogP contribution in [0.3, 0.4) is 0 Å². The summed E-state index contributed by atoms with van der Waals surface area (Å²) in [5.74, 6) is -2.57. The van der Waals surface area contributed by atoms with Crippen LogP contribution >= 0.6 is 0 Å². The maximum atomic E-state index is 11.8. The van der Waals surface area contributed by atoms with Crippen molar-refractivity contribution in [1.29, 1.82) is 0 Å². The Morgan fingerprint density at radius 2 is 1.47 bits per heavy atom. The zero-order chi connectivity index (χ0) is 15.6. The van der Waals surface area contributed by atoms with Crippen molar-refractivity contribution in [3.63, 3.8) is 0 Å². The average molecular weight is 273 g/mol. The van der Waals surface area contributed by atoms with Gasteiger partial charge >= 0.3 is 11.9 Å². The number of hydrogen-bond acceptors (Lipinski definition) is 3. The first kappa shape index (κ1) is 17.4. The van der Waals surface area contributed by atoms with E-state index in [4.69, 9.17) is 5.11 Å². The minimum Gasteiger partial charge on any atom is -0.481 e. The van der Waals surface area contributed by atoms with Gasteiger partial charge in [0.25, 0.3) is 0 Å². The molecule has 110 valence electrons. The van der Waals surface area contributed by atoms with Crippen molar-refractivity contribution in [2.45, 2.75) is 59.0 Å². The lowest BCUT2D eigenvalue weighted by Gasteiger charge is -2.51. The fourth-order valence-corrected chi connectivity index (χ4v) is 2.25. The molecule has 0 fully saturated rings. The van der Waals surface area contributed by atoms with E-state index in [9.17, 15) is 19.5 Å². The summed E-state index contributed by atoms with van der Waals surface area (Å²) in [6.45, 7) is 9.87. The van der Waals surface area contributed by atoms with Crippen molar-refractivity contribution in [2.75, 3.05) is 0 Å². The lowest BCUT2D eigenvalue weighted by Crippen LogP contribution is -2.67. The molecule has 1 atom stereocenters. The van der Waals surface area contributed by atoms with E-state index in [0.717, 1.165) is 4.90 Å². The molecule has 0 aliphatic carbocycles. The normalized spacial score (nSPS) is 15.5. The minimum atomic E-state index is -1.81. The third kappa shape index (κ3) is 3.24. The molecule has 2 N–H and O–H groups in total. The highest BCUT2D eigenvalue weighted by Crippen LogP contribution is 2.41. The molecule has 0 heterocycles. The van der Waals surface area contributed by atoms with Gasteiger partial charge in [-0.1, -0.05) is 20.8 Å². The summed E-state index contributed by atoms with van der Waals surface area (Å²) >= 11 is 0. The Kier molecular flexibility index (Phi) is 4.75. The Labute approximate surface area is 113 Å². The molecule has 0 aromatic heterocycles. The third-order valence-electron chi connectivity index (χ3n) is 3.24. The first-order chi connectivity index (χ1) is 8.30. The van der Waals surface area contributed by atoms with Gasteiger partial charge in [-0.15, -0.1) is 0 Å². The van der Waals surface area contributed by atoms with Crippen LogP contribution < -0.4 is 0 Å². The van der Waals surface area contributed by atoms with Gasteiger partial charge in [0.05, 0.1) is 6.42 Å². The van der Waals surface area contributed by atoms with Crippen LogP contribution in [0.2, 0.25) is 0 Å². The fraction of sp³-hybridized carbons (Fsp3) is 0.769. The summed E-state index contributed by atoms with van der Waals surface area (Å²) in [7, 11) is 0. The van der Waals surface area contributed by atoms with E-state index in [-0.39, 0.29) is 0 Å². The Balaban J connectivity index is 6.20. The highest BCUT2D eigenvalue weighted by Gasteiger charge is 2.57. The molecule has 0 unspecified atom stereocenters. The number of carboxylic acids is 2. The monoisotopic (exact) mass is 273 g/mol. The van der Waals surface area contributed by atoms with Crippen molar-refractivity contribution in [2.24, 2.45) is 5.41 Å². The van der Waals surface area contributed by atoms with Gasteiger partial charge in [0.1, 0.15) is 0 Å². The molecule has 1 amide bonds. The van der Waals surface area contributed by atoms with Gasteiger partial charge in [0, 0.05) is 5.54 Å². The molecule has 0 rings (SSSR count). The molecule has 0 radical (unpaired) electrons. The summed E-state index contributed by atoms with van der Waals surface area (Å²) in [6, 6.07) is 0. The highest BCUT2D eigenvalue weighted by atomic mass is 16.4. The van der Waals surface area contributed by atoms with E-state index < -0.39 is 34.9 Å². The van der Waals surface area contributed by atoms with Gasteiger partial charge < -0.3 is 15.1 Å². The number of rotatable bonds is 5. The predicted octanol–water partition coefficient (Wildman–Crippen LogP) is 1.59. The van der Waals surface area contributed by atoms with E-state index in [1.165, 1.54) is 0 Å². The lowest BCUT2D eigenvalue weighted by molar-refractivity contribution is -0.176. The van der Waals surface area contributed by atoms with Crippen LogP contribution in [0.25, 0.3) is 0 Å². The zero-order valence-electron chi connectivity index (χ0n) is 12.4. The van der Waals surface area contributed by atoms with Crippen LogP contribution in [0.4, 0.5) is 0 Å². The number of hydrogen-bond donors (Lipinski definition) is 2. The van der Waals surface area contributed by atoms with Crippen LogP contribution in [0.1, 0.15) is 48.0 Å². The van der Waals surface area contributed by atoms with Crippen molar-refractivity contribution in [3.8, 4) is 0 Å². The second-order valence-corrected chi connectivity index (χ2v) is 6.63. The Morgan fingerprint density at radius 1 is 1.05 bits per heavy atom. The number of carboxylic acid groups (broad SMARTS) is 2. The van der Waals surface area contributed by atoms with Crippen molar-refractivity contribution in [1.82, 2.24) is 4.90 Å². The van der Waals surface area contributed by atoms with E-state index >= 15 is 0 Å². The average Bonchev–Trinajstić information content (AvgIpc) is 2.11. The van der Waals surface area contributed by atoms with Crippen LogP contribution in [0.15, 0.2) is 0 Å². The van der Waals surface area contributed by atoms with Crippen molar-refractivity contribution < 1.29 is 24.6 Å². The van der Waals surface area contributed by atoms with Crippen molar-refractivity contribution >= 4 is 18.3 Å². The fourth-order valence-electron chi connectivity index (χ4n) is 2.25. The summed E-state index contributed by atoms with van der Waals surface area (Å²) in [6.07, 6.45) is -0.232. The Bertz CT molecular complexity index is 377. The SMILES string of the molecule is CC(C)(C)N(C=O)[C@@](CC(=O)O)(C(=O)O)C(C)(C)C. The van der Waals surface area contributed by atoms with E-state index in [0.29, 0.717) is 6.41 Å². The molecule has 19 heavy (non-hydrogen) atoms. The minimum absolute atomic E-state index is 0.419. The summed E-state index contributed by atoms with van der Waals surface area (Å²) in [5.41, 5.74) is -3.55. The lowest BCUT2D eigenvalue weighted by atomic mass is 9.69. The quantitative estimate of drug-likeness (QED) is 0.742. The summed E-state index contributed by atoms with van der Waals surface area (Å²) in [4.78, 5) is 35.4. The summed E-state index contributed by atoms with van der Waals surface area (Å²) in [5, 5.41) is 18.7. The second kappa shape index (κ2) is 5.19. The summed E-state index contributed by atoms with van der Waals surface area (Å²) < 4.78 is 0. The number of nitrogens with zero attached hydrogens (tertiary/aromatic N) is 1. The smallest absolute Gasteiger partial charge is 0.330 e. The van der Waals surface area contributed by atoms with Crippen LogP contribution in [0, 0.1) is 5.41 Å². The predicted molar refractivity (Wildman–Crippen MR) is 69.7 cm³/mol. The molecular formula is C13H23NO5. The Morgan fingerprint density at radius 3 is 1.63 bits per heavy atom. The maximum absolute atomic E-state index is 11.8. The van der Waals surface area contributed by atoms with Gasteiger partial charge in [-0.3, -0.25) is 9.59 Å². The van der Waals surface area contributed by atoms with Crippen LogP contribution in [0.5, 0.6) is 0 Å². The topological polar surface area (TPSA) is 94.9 Å². The second-order valence-electron chi connectivity index (χ2n) is 6.63. The molecule has 0 aromatic rings. The van der Waals surface area contributed by atoms with Gasteiger partial charge in [-0.05, 0) is 26.2 Å². The first-order valence-corrected chi connectivity index (χ1v) is 6.00. The van der Waals surface area contributed by atoms with Gasteiger partial charge in [0.15, 0.2) is 5.54 Å². The Hall–Kier alpha value is -1.59. The molecular weight excluding hydrogens is 250 g/mol. The largest absolute Gasteiger partial charge is 0.481 e. The molecule has 0 saturated heterocycles. The maximum Gasteiger partial charge on any atom is 0.330 e. The van der Waals surface area contributed by atoms with Gasteiger partial charge in [-0.2, -0.15) is 0 Å². The number of amides is 1. The molecule has 0 spiro atoms. The third-order valence-corrected chi connectivity index (χ3v) is 3.24. The van der Waals surface area contributed by atoms with Crippen LogP contribution in [-0.4, -0.2) is 44.5 Å². The standard InChI is InChI=1S/C13H23NO5/c1-11(2,3)13(10(18)19,7-9(16)17)14(8-15)12(4,5)6/h8H,7H2,1-6H3,(H,16,17)(H,18,19)/t13-/m0/s1. The molecule has 0 saturated carbocycles. The molecule has 0 aliphatic heterocycles. The zero-order valence-corrected chi connectivity index (χ0v) is 12.4. The first-order valence-electron chi connectivity index (χ1n) is 6.00. The number of carbonyl (C=O) groups excluding carboxylic acids is 1. The van der Waals surface area contributed by atoms with Crippen molar-refractivity contribution in [3.05, 3.63) is 0 Å². The van der Waals surface area contributed by atoms with Gasteiger partial charge in [0.2, 0.25) is 6.41 Å². The van der Waals surface area contributed by atoms with E-state index in [2.05, 4.69) is 0 Å². The molecule has 0 aromatic carbocycles. The number of aliphatic carboxylic acids is 2. The molecule has 6 nitrogen and oxygen atoms in total. The molecule has 6 heteroatoms. The molecule has 0 bridgehead atoms.